The first kappa shape index (κ1) is 18.3. The van der Waals surface area contributed by atoms with E-state index in [0.29, 0.717) is 13.2 Å². The largest absolute Gasteiger partial charge is 0.480 e. The van der Waals surface area contributed by atoms with Gasteiger partial charge in [-0.2, -0.15) is 0 Å². The van der Waals surface area contributed by atoms with E-state index in [-0.39, 0.29) is 18.1 Å². The Morgan fingerprint density at radius 1 is 1.57 bits per heavy atom. The maximum atomic E-state index is 10.7. The van der Waals surface area contributed by atoms with E-state index in [1.165, 1.54) is 0 Å². The van der Waals surface area contributed by atoms with E-state index in [0.717, 1.165) is 30.3 Å². The van der Waals surface area contributed by atoms with Crippen LogP contribution in [-0.2, 0) is 21.5 Å². The summed E-state index contributed by atoms with van der Waals surface area (Å²) in [6.07, 6.45) is 0.0511. The van der Waals surface area contributed by atoms with E-state index in [2.05, 4.69) is 31.1 Å². The zero-order valence-electron chi connectivity index (χ0n) is 14.4. The molecule has 2 heterocycles. The van der Waals surface area contributed by atoms with Gasteiger partial charge in [-0.1, -0.05) is 20.8 Å². The maximum Gasteiger partial charge on any atom is 0.317 e. The van der Waals surface area contributed by atoms with Crippen molar-refractivity contribution in [3.8, 4) is 0 Å². The molecule has 130 valence electrons. The van der Waals surface area contributed by atoms with Crippen LogP contribution in [0.15, 0.2) is 5.38 Å². The van der Waals surface area contributed by atoms with Gasteiger partial charge in [0.15, 0.2) is 0 Å². The monoisotopic (exact) mass is 341 g/mol. The molecule has 1 N–H and O–H groups in total. The van der Waals surface area contributed by atoms with Gasteiger partial charge in [-0.3, -0.25) is 14.6 Å². The molecule has 23 heavy (non-hydrogen) atoms. The lowest BCUT2D eigenvalue weighted by Gasteiger charge is -2.34. The average molecular weight is 341 g/mol. The van der Waals surface area contributed by atoms with E-state index in [9.17, 15) is 4.79 Å². The van der Waals surface area contributed by atoms with Gasteiger partial charge in [0.1, 0.15) is 5.01 Å². The molecule has 0 spiro atoms. The van der Waals surface area contributed by atoms with Crippen LogP contribution in [0, 0.1) is 0 Å². The van der Waals surface area contributed by atoms with E-state index in [1.54, 1.807) is 16.2 Å². The van der Waals surface area contributed by atoms with E-state index in [1.807, 2.05) is 7.05 Å². The first-order valence-electron chi connectivity index (χ1n) is 7.93. The lowest BCUT2D eigenvalue weighted by Crippen LogP contribution is -2.47. The molecule has 1 fully saturated rings. The lowest BCUT2D eigenvalue weighted by molar-refractivity contribution is -0.138. The normalized spacial score (nSPS) is 20.1. The summed E-state index contributed by atoms with van der Waals surface area (Å²) >= 11 is 1.71. The zero-order valence-corrected chi connectivity index (χ0v) is 15.2. The lowest BCUT2D eigenvalue weighted by atomic mass is 9.93. The third-order valence-electron chi connectivity index (χ3n) is 3.82. The molecule has 1 saturated heterocycles. The molecule has 1 aromatic rings. The summed E-state index contributed by atoms with van der Waals surface area (Å²) in [7, 11) is 1.81. The number of thiazole rings is 1. The summed E-state index contributed by atoms with van der Waals surface area (Å²) in [4.78, 5) is 19.6. The van der Waals surface area contributed by atoms with E-state index >= 15 is 0 Å². The highest BCUT2D eigenvalue weighted by atomic mass is 32.1. The van der Waals surface area contributed by atoms with Crippen molar-refractivity contribution in [1.82, 2.24) is 14.8 Å². The van der Waals surface area contributed by atoms with Gasteiger partial charge >= 0.3 is 5.97 Å². The first-order valence-corrected chi connectivity index (χ1v) is 8.81. The highest BCUT2D eigenvalue weighted by molar-refractivity contribution is 7.09. The molecule has 7 heteroatoms. The van der Waals surface area contributed by atoms with Crippen molar-refractivity contribution in [3.05, 3.63) is 16.1 Å². The number of morpholine rings is 1. The standard InChI is InChI=1S/C16H27N3O3S/c1-16(2,3)13-11-23-14(17-13)9-19-5-6-22-12(8-19)7-18(4)10-15(20)21/h11-12H,5-10H2,1-4H3,(H,20,21). The number of aliphatic carboxylic acids is 1. The van der Waals surface area contributed by atoms with Crippen molar-refractivity contribution in [2.45, 2.75) is 38.8 Å². The molecule has 1 atom stereocenters. The number of hydrogen-bond donors (Lipinski definition) is 1. The summed E-state index contributed by atoms with van der Waals surface area (Å²) < 4.78 is 5.76. The predicted molar refractivity (Wildman–Crippen MR) is 91.0 cm³/mol. The number of nitrogens with zero attached hydrogens (tertiary/aromatic N) is 3. The fourth-order valence-corrected chi connectivity index (χ4v) is 3.66. The topological polar surface area (TPSA) is 65.9 Å². The van der Waals surface area contributed by atoms with Crippen LogP contribution in [0.25, 0.3) is 0 Å². The third kappa shape index (κ3) is 5.84. The molecule has 1 aliphatic heterocycles. The van der Waals surface area contributed by atoms with Gasteiger partial charge in [-0.15, -0.1) is 11.3 Å². The molecule has 2 rings (SSSR count). The number of ether oxygens (including phenoxy) is 1. The second kappa shape index (κ2) is 7.70. The number of carbonyl (C=O) groups is 1. The number of carboxylic acids is 1. The van der Waals surface area contributed by atoms with Crippen LogP contribution < -0.4 is 0 Å². The minimum atomic E-state index is -0.808. The Labute approximate surface area is 142 Å². The minimum absolute atomic E-state index is 0.0429. The Morgan fingerprint density at radius 3 is 2.91 bits per heavy atom. The quantitative estimate of drug-likeness (QED) is 0.849. The third-order valence-corrected chi connectivity index (χ3v) is 4.66. The SMILES string of the molecule is CN(CC(=O)O)CC1CN(Cc2nc(C(C)(C)C)cs2)CCO1. The second-order valence-corrected chi connectivity index (χ2v) is 8.14. The van der Waals surface area contributed by atoms with Crippen LogP contribution in [0.2, 0.25) is 0 Å². The van der Waals surface area contributed by atoms with Gasteiger partial charge in [-0.25, -0.2) is 4.98 Å². The molecule has 0 radical (unpaired) electrons. The number of aromatic nitrogens is 1. The Bertz CT molecular complexity index is 527. The van der Waals surface area contributed by atoms with Gasteiger partial charge in [-0.05, 0) is 7.05 Å². The van der Waals surface area contributed by atoms with Crippen LogP contribution in [0.1, 0.15) is 31.5 Å². The Balaban J connectivity index is 1.86. The van der Waals surface area contributed by atoms with Crippen LogP contribution in [0.4, 0.5) is 0 Å². The molecule has 0 amide bonds. The van der Waals surface area contributed by atoms with Crippen molar-refractivity contribution >= 4 is 17.3 Å². The van der Waals surface area contributed by atoms with Crippen molar-refractivity contribution in [2.75, 3.05) is 39.8 Å². The minimum Gasteiger partial charge on any atom is -0.480 e. The highest BCUT2D eigenvalue weighted by Crippen LogP contribution is 2.24. The molecule has 6 nitrogen and oxygen atoms in total. The van der Waals surface area contributed by atoms with Gasteiger partial charge in [0, 0.05) is 30.4 Å². The summed E-state index contributed by atoms with van der Waals surface area (Å²) in [5, 5.41) is 12.1. The van der Waals surface area contributed by atoms with Gasteiger partial charge < -0.3 is 9.84 Å². The smallest absolute Gasteiger partial charge is 0.317 e. The Kier molecular flexibility index (Phi) is 6.13. The predicted octanol–water partition coefficient (Wildman–Crippen LogP) is 1.66. The molecular weight excluding hydrogens is 314 g/mol. The molecule has 0 aliphatic carbocycles. The maximum absolute atomic E-state index is 10.7. The average Bonchev–Trinajstić information content (AvgIpc) is 2.86. The van der Waals surface area contributed by atoms with Gasteiger partial charge in [0.25, 0.3) is 0 Å². The number of likely N-dealkylation sites (N-methyl/N-ethyl adjacent to an activating group) is 1. The van der Waals surface area contributed by atoms with Gasteiger partial charge in [0.05, 0.1) is 31.5 Å². The van der Waals surface area contributed by atoms with E-state index < -0.39 is 5.97 Å². The summed E-state index contributed by atoms with van der Waals surface area (Å²) in [6.45, 7) is 10.4. The molecule has 0 aromatic carbocycles. The van der Waals surface area contributed by atoms with E-state index in [4.69, 9.17) is 14.8 Å². The molecule has 0 bridgehead atoms. The Hall–Kier alpha value is -1.02. The molecule has 1 aromatic heterocycles. The Morgan fingerprint density at radius 2 is 2.30 bits per heavy atom. The summed E-state index contributed by atoms with van der Waals surface area (Å²) in [5.74, 6) is -0.808. The molecule has 1 aliphatic rings. The summed E-state index contributed by atoms with van der Waals surface area (Å²) in [6, 6.07) is 0. The number of hydrogen-bond acceptors (Lipinski definition) is 6. The summed E-state index contributed by atoms with van der Waals surface area (Å²) in [5.41, 5.74) is 1.23. The van der Waals surface area contributed by atoms with Crippen LogP contribution in [0.5, 0.6) is 0 Å². The molecule has 1 unspecified atom stereocenters. The van der Waals surface area contributed by atoms with Crippen LogP contribution in [-0.4, -0.2) is 71.8 Å². The number of carboxylic acid groups (broad SMARTS) is 1. The van der Waals surface area contributed by atoms with Crippen LogP contribution in [0.3, 0.4) is 0 Å². The molecule has 0 saturated carbocycles. The molecular formula is C16H27N3O3S. The highest BCUT2D eigenvalue weighted by Gasteiger charge is 2.24. The fourth-order valence-electron chi connectivity index (χ4n) is 2.60. The van der Waals surface area contributed by atoms with Crippen LogP contribution >= 0.6 is 11.3 Å². The van der Waals surface area contributed by atoms with Gasteiger partial charge in [0.2, 0.25) is 0 Å². The zero-order chi connectivity index (χ0) is 17.0. The first-order chi connectivity index (χ1) is 10.7. The second-order valence-electron chi connectivity index (χ2n) is 7.19. The van der Waals surface area contributed by atoms with Crippen molar-refractivity contribution < 1.29 is 14.6 Å². The van der Waals surface area contributed by atoms with Crippen molar-refractivity contribution in [1.29, 1.82) is 0 Å². The van der Waals surface area contributed by atoms with Crippen molar-refractivity contribution in [2.24, 2.45) is 0 Å². The van der Waals surface area contributed by atoms with Crippen molar-refractivity contribution in [3.63, 3.8) is 0 Å². The fraction of sp³-hybridized carbons (Fsp3) is 0.750. The number of rotatable bonds is 6.